The second-order valence-corrected chi connectivity index (χ2v) is 3.93. The normalized spacial score (nSPS) is 10.5. The molecule has 0 bridgehead atoms. The highest BCUT2D eigenvalue weighted by atomic mass is 127. The van der Waals surface area contributed by atoms with Crippen LogP contribution in [0, 0.1) is 3.57 Å². The monoisotopic (exact) mass is 286 g/mol. The molecule has 0 atom stereocenters. The molecule has 3 heteroatoms. The molecule has 13 heavy (non-hydrogen) atoms. The van der Waals surface area contributed by atoms with Crippen molar-refractivity contribution >= 4 is 33.4 Å². The van der Waals surface area contributed by atoms with Gasteiger partial charge in [0.25, 0.3) is 0 Å². The van der Waals surface area contributed by atoms with Crippen molar-refractivity contribution < 1.29 is 10.2 Å². The lowest BCUT2D eigenvalue weighted by Gasteiger charge is -2.03. The van der Waals surface area contributed by atoms with Crippen molar-refractivity contribution in [2.45, 2.75) is 0 Å². The second-order valence-electron chi connectivity index (χ2n) is 2.77. The summed E-state index contributed by atoms with van der Waals surface area (Å²) in [4.78, 5) is 0. The Hall–Kier alpha value is -0.970. The number of hydrogen-bond donors (Lipinski definition) is 2. The Bertz CT molecular complexity index is 466. The molecule has 0 unspecified atom stereocenters. The first-order valence-corrected chi connectivity index (χ1v) is 4.87. The van der Waals surface area contributed by atoms with Crippen LogP contribution in [0.5, 0.6) is 11.5 Å². The number of aromatic hydroxyl groups is 2. The van der Waals surface area contributed by atoms with Gasteiger partial charge in [0.1, 0.15) is 0 Å². The van der Waals surface area contributed by atoms with E-state index in [0.29, 0.717) is 5.39 Å². The number of halogens is 1. The molecular formula is C10H7IO2. The first kappa shape index (κ1) is 8.62. The third kappa shape index (κ3) is 1.33. The summed E-state index contributed by atoms with van der Waals surface area (Å²) in [5.74, 6) is -0.120. The van der Waals surface area contributed by atoms with Crippen molar-refractivity contribution in [2.24, 2.45) is 0 Å². The van der Waals surface area contributed by atoms with E-state index in [-0.39, 0.29) is 11.5 Å². The summed E-state index contributed by atoms with van der Waals surface area (Å²) in [6.07, 6.45) is 0. The van der Waals surface area contributed by atoms with Crippen molar-refractivity contribution in [1.29, 1.82) is 0 Å². The van der Waals surface area contributed by atoms with Gasteiger partial charge in [0.15, 0.2) is 11.5 Å². The quantitative estimate of drug-likeness (QED) is 0.577. The summed E-state index contributed by atoms with van der Waals surface area (Å²) < 4.78 is 1.06. The number of hydrogen-bond acceptors (Lipinski definition) is 2. The van der Waals surface area contributed by atoms with E-state index in [0.717, 1.165) is 8.96 Å². The Morgan fingerprint density at radius 2 is 1.69 bits per heavy atom. The number of rotatable bonds is 0. The van der Waals surface area contributed by atoms with Crippen LogP contribution in [0.2, 0.25) is 0 Å². The fraction of sp³-hybridized carbons (Fsp3) is 0. The lowest BCUT2D eigenvalue weighted by atomic mass is 10.1. The Morgan fingerprint density at radius 1 is 0.923 bits per heavy atom. The SMILES string of the molecule is Oc1ccc2c(I)cccc2c1O. The maximum absolute atomic E-state index is 9.53. The molecular weight excluding hydrogens is 279 g/mol. The van der Waals surface area contributed by atoms with E-state index in [1.54, 1.807) is 12.1 Å². The minimum Gasteiger partial charge on any atom is -0.504 e. The molecule has 0 radical (unpaired) electrons. The fourth-order valence-corrected chi connectivity index (χ4v) is 1.97. The third-order valence-corrected chi connectivity index (χ3v) is 2.90. The summed E-state index contributed by atoms with van der Waals surface area (Å²) in [5, 5.41) is 20.4. The van der Waals surface area contributed by atoms with Gasteiger partial charge in [-0.3, -0.25) is 0 Å². The van der Waals surface area contributed by atoms with E-state index in [1.165, 1.54) is 6.07 Å². The van der Waals surface area contributed by atoms with Crippen LogP contribution in [0.25, 0.3) is 10.8 Å². The molecule has 0 aliphatic carbocycles. The third-order valence-electron chi connectivity index (χ3n) is 1.96. The molecule has 0 aliphatic rings. The first-order valence-electron chi connectivity index (χ1n) is 3.79. The van der Waals surface area contributed by atoms with Crippen molar-refractivity contribution in [2.75, 3.05) is 0 Å². The Kier molecular flexibility index (Phi) is 2.03. The van der Waals surface area contributed by atoms with E-state index >= 15 is 0 Å². The molecule has 0 aliphatic heterocycles. The van der Waals surface area contributed by atoms with E-state index in [9.17, 15) is 10.2 Å². The van der Waals surface area contributed by atoms with Crippen LogP contribution in [0.3, 0.4) is 0 Å². The zero-order valence-electron chi connectivity index (χ0n) is 6.66. The van der Waals surface area contributed by atoms with Crippen LogP contribution < -0.4 is 0 Å². The maximum atomic E-state index is 9.53. The molecule has 0 aromatic heterocycles. The van der Waals surface area contributed by atoms with Crippen LogP contribution in [0.4, 0.5) is 0 Å². The Labute approximate surface area is 89.0 Å². The van der Waals surface area contributed by atoms with Crippen LogP contribution in [-0.2, 0) is 0 Å². The average Bonchev–Trinajstić information content (AvgIpc) is 2.12. The van der Waals surface area contributed by atoms with Gasteiger partial charge in [-0.2, -0.15) is 0 Å². The molecule has 2 aromatic rings. The van der Waals surface area contributed by atoms with Gasteiger partial charge in [-0.15, -0.1) is 0 Å². The summed E-state index contributed by atoms with van der Waals surface area (Å²) in [5.41, 5.74) is 0. The summed E-state index contributed by atoms with van der Waals surface area (Å²) in [7, 11) is 0. The molecule has 2 N–H and O–H groups in total. The van der Waals surface area contributed by atoms with E-state index in [2.05, 4.69) is 22.6 Å². The highest BCUT2D eigenvalue weighted by molar-refractivity contribution is 14.1. The molecule has 2 rings (SSSR count). The van der Waals surface area contributed by atoms with Gasteiger partial charge >= 0.3 is 0 Å². The molecule has 0 amide bonds. The van der Waals surface area contributed by atoms with Gasteiger partial charge in [0, 0.05) is 8.96 Å². The molecule has 0 saturated carbocycles. The minimum atomic E-state index is -0.0745. The van der Waals surface area contributed by atoms with E-state index in [4.69, 9.17) is 0 Å². The molecule has 2 aromatic carbocycles. The van der Waals surface area contributed by atoms with Gasteiger partial charge in [0.2, 0.25) is 0 Å². The van der Waals surface area contributed by atoms with E-state index in [1.807, 2.05) is 12.1 Å². The van der Waals surface area contributed by atoms with Gasteiger partial charge in [-0.05, 0) is 46.2 Å². The predicted molar refractivity (Wildman–Crippen MR) is 60.0 cm³/mol. The standard InChI is InChI=1S/C10H7IO2/c11-8-3-1-2-7-6(8)4-5-9(12)10(7)13/h1-5,12-13H. The van der Waals surface area contributed by atoms with Crippen LogP contribution in [0.15, 0.2) is 30.3 Å². The van der Waals surface area contributed by atoms with Gasteiger partial charge < -0.3 is 10.2 Å². The van der Waals surface area contributed by atoms with Crippen molar-refractivity contribution in [3.05, 3.63) is 33.9 Å². The second kappa shape index (κ2) is 3.06. The smallest absolute Gasteiger partial charge is 0.165 e. The average molecular weight is 286 g/mol. The largest absolute Gasteiger partial charge is 0.504 e. The maximum Gasteiger partial charge on any atom is 0.165 e. The lowest BCUT2D eigenvalue weighted by Crippen LogP contribution is -1.78. The molecule has 2 nitrogen and oxygen atoms in total. The number of phenolic OH excluding ortho intramolecular Hbond substituents is 2. The van der Waals surface area contributed by atoms with E-state index < -0.39 is 0 Å². The Balaban J connectivity index is 2.94. The topological polar surface area (TPSA) is 40.5 Å². The summed E-state index contributed by atoms with van der Waals surface area (Å²) in [6, 6.07) is 8.89. The zero-order valence-corrected chi connectivity index (χ0v) is 8.82. The molecule has 0 saturated heterocycles. The van der Waals surface area contributed by atoms with Crippen molar-refractivity contribution in [1.82, 2.24) is 0 Å². The molecule has 0 spiro atoms. The lowest BCUT2D eigenvalue weighted by molar-refractivity contribution is 0.408. The molecule has 0 heterocycles. The zero-order chi connectivity index (χ0) is 9.42. The summed E-state index contributed by atoms with van der Waals surface area (Å²) >= 11 is 2.19. The molecule has 0 fully saturated rings. The van der Waals surface area contributed by atoms with Crippen molar-refractivity contribution in [3.63, 3.8) is 0 Å². The van der Waals surface area contributed by atoms with Crippen molar-refractivity contribution in [3.8, 4) is 11.5 Å². The number of benzene rings is 2. The van der Waals surface area contributed by atoms with Gasteiger partial charge in [-0.25, -0.2) is 0 Å². The van der Waals surface area contributed by atoms with Gasteiger partial charge in [-0.1, -0.05) is 12.1 Å². The van der Waals surface area contributed by atoms with Crippen LogP contribution >= 0.6 is 22.6 Å². The first-order chi connectivity index (χ1) is 6.20. The molecule has 66 valence electrons. The van der Waals surface area contributed by atoms with Crippen LogP contribution in [-0.4, -0.2) is 10.2 Å². The highest BCUT2D eigenvalue weighted by Crippen LogP contribution is 2.34. The minimum absolute atomic E-state index is 0.0454. The van der Waals surface area contributed by atoms with Crippen LogP contribution in [0.1, 0.15) is 0 Å². The van der Waals surface area contributed by atoms with Gasteiger partial charge in [0.05, 0.1) is 0 Å². The predicted octanol–water partition coefficient (Wildman–Crippen LogP) is 2.86. The fourth-order valence-electron chi connectivity index (χ4n) is 1.29. The Morgan fingerprint density at radius 3 is 2.46 bits per heavy atom. The highest BCUT2D eigenvalue weighted by Gasteiger charge is 2.05. The number of fused-ring (bicyclic) bond motifs is 1. The summed E-state index contributed by atoms with van der Waals surface area (Å²) in [6.45, 7) is 0. The number of phenols is 2.